The van der Waals surface area contributed by atoms with Gasteiger partial charge in [-0.3, -0.25) is 4.79 Å². The molecule has 7 nitrogen and oxygen atoms in total. The molecule has 19 heavy (non-hydrogen) atoms. The van der Waals surface area contributed by atoms with Crippen LogP contribution in [0.3, 0.4) is 0 Å². The van der Waals surface area contributed by atoms with Crippen LogP contribution in [0.15, 0.2) is 0 Å². The molecule has 1 rings (SSSR count). The number of hydrogen-bond acceptors (Lipinski definition) is 5. The highest BCUT2D eigenvalue weighted by atomic mass is 32.2. The minimum atomic E-state index is -3.81. The first-order valence-corrected chi connectivity index (χ1v) is 7.62. The maximum atomic E-state index is 11.8. The van der Waals surface area contributed by atoms with Crippen LogP contribution in [0, 0.1) is 16.7 Å². The first-order valence-electron chi connectivity index (χ1n) is 6.07. The normalized spacial score (nSPS) is 20.4. The molecule has 8 heteroatoms. The average Bonchev–Trinajstić information content (AvgIpc) is 2.38. The summed E-state index contributed by atoms with van der Waals surface area (Å²) in [6, 6.07) is 1.70. The van der Waals surface area contributed by atoms with Gasteiger partial charge in [-0.25, -0.2) is 13.1 Å². The maximum absolute atomic E-state index is 11.8. The molecule has 0 saturated carbocycles. The summed E-state index contributed by atoms with van der Waals surface area (Å²) in [7, 11) is -3.81. The molecule has 1 unspecified atom stereocenters. The van der Waals surface area contributed by atoms with Gasteiger partial charge in [-0.2, -0.15) is 5.26 Å². The van der Waals surface area contributed by atoms with E-state index in [-0.39, 0.29) is 25.8 Å². The first-order chi connectivity index (χ1) is 8.88. The van der Waals surface area contributed by atoms with Crippen molar-refractivity contribution in [2.45, 2.75) is 31.4 Å². The van der Waals surface area contributed by atoms with Gasteiger partial charge in [0.2, 0.25) is 10.0 Å². The lowest BCUT2D eigenvalue weighted by Crippen LogP contribution is -2.48. The summed E-state index contributed by atoms with van der Waals surface area (Å²) in [6.07, 6.45) is 0.678. The van der Waals surface area contributed by atoms with Crippen molar-refractivity contribution in [2.24, 2.45) is 5.41 Å². The summed E-state index contributed by atoms with van der Waals surface area (Å²) in [5, 5.41) is 16.9. The van der Waals surface area contributed by atoms with Gasteiger partial charge in [-0.05, 0) is 19.3 Å². The number of carboxylic acids is 1. The van der Waals surface area contributed by atoms with Crippen LogP contribution in [0.2, 0.25) is 0 Å². The average molecular weight is 290 g/mol. The van der Waals surface area contributed by atoms with E-state index in [1.807, 2.05) is 0 Å². The zero-order chi connectivity index (χ0) is 14.5. The van der Waals surface area contributed by atoms with Gasteiger partial charge in [0.15, 0.2) is 5.25 Å². The van der Waals surface area contributed by atoms with Crippen LogP contribution < -0.4 is 4.72 Å². The summed E-state index contributed by atoms with van der Waals surface area (Å²) in [5.41, 5.74) is -1.14. The summed E-state index contributed by atoms with van der Waals surface area (Å²) in [5.74, 6) is -1.04. The molecule has 1 saturated heterocycles. The van der Waals surface area contributed by atoms with Gasteiger partial charge >= 0.3 is 5.97 Å². The summed E-state index contributed by atoms with van der Waals surface area (Å²) in [6.45, 7) is 1.98. The van der Waals surface area contributed by atoms with Crippen molar-refractivity contribution in [3.05, 3.63) is 0 Å². The molecule has 0 radical (unpaired) electrons. The zero-order valence-corrected chi connectivity index (χ0v) is 11.6. The van der Waals surface area contributed by atoms with E-state index in [0.717, 1.165) is 0 Å². The van der Waals surface area contributed by atoms with Crippen LogP contribution in [0.4, 0.5) is 0 Å². The smallest absolute Gasteiger partial charge is 0.311 e. The van der Waals surface area contributed by atoms with Crippen LogP contribution in [0.5, 0.6) is 0 Å². The van der Waals surface area contributed by atoms with Gasteiger partial charge < -0.3 is 9.84 Å². The minimum Gasteiger partial charge on any atom is -0.481 e. The molecule has 1 fully saturated rings. The molecular formula is C11H18N2O5S. The van der Waals surface area contributed by atoms with E-state index in [4.69, 9.17) is 10.00 Å². The second-order valence-electron chi connectivity index (χ2n) is 4.59. The Bertz CT molecular complexity index is 462. The number of sulfonamides is 1. The van der Waals surface area contributed by atoms with E-state index in [2.05, 4.69) is 4.72 Å². The third-order valence-electron chi connectivity index (χ3n) is 3.40. The van der Waals surface area contributed by atoms with E-state index in [1.165, 1.54) is 0 Å². The molecule has 108 valence electrons. The topological polar surface area (TPSA) is 116 Å². The molecule has 0 aromatic carbocycles. The van der Waals surface area contributed by atoms with Gasteiger partial charge in [0.1, 0.15) is 0 Å². The molecule has 0 spiro atoms. The number of ether oxygens (including phenoxy) is 1. The molecular weight excluding hydrogens is 272 g/mol. The lowest BCUT2D eigenvalue weighted by Gasteiger charge is -2.33. The molecule has 1 aliphatic rings. The van der Waals surface area contributed by atoms with Crippen LogP contribution >= 0.6 is 0 Å². The van der Waals surface area contributed by atoms with Crippen LogP contribution in [-0.2, 0) is 19.6 Å². The number of nitrogens with zero attached hydrogens (tertiary/aromatic N) is 1. The first kappa shape index (κ1) is 15.9. The van der Waals surface area contributed by atoms with Crippen molar-refractivity contribution >= 4 is 16.0 Å². The van der Waals surface area contributed by atoms with Crippen molar-refractivity contribution in [3.8, 4) is 6.07 Å². The SMILES string of the molecule is CCC(C#N)S(=O)(=O)NCC1(C(=O)O)CCOCC1. The Morgan fingerprint density at radius 2 is 2.11 bits per heavy atom. The van der Waals surface area contributed by atoms with Crippen molar-refractivity contribution in [1.82, 2.24) is 4.72 Å². The molecule has 2 N–H and O–H groups in total. The lowest BCUT2D eigenvalue weighted by molar-refractivity contribution is -0.154. The number of rotatable bonds is 6. The predicted molar refractivity (Wildman–Crippen MR) is 66.7 cm³/mol. The fourth-order valence-corrected chi connectivity index (χ4v) is 3.20. The Morgan fingerprint density at radius 1 is 1.53 bits per heavy atom. The maximum Gasteiger partial charge on any atom is 0.311 e. The van der Waals surface area contributed by atoms with E-state index in [1.54, 1.807) is 13.0 Å². The van der Waals surface area contributed by atoms with E-state index < -0.39 is 26.7 Å². The Morgan fingerprint density at radius 3 is 2.53 bits per heavy atom. The number of carbonyl (C=O) groups is 1. The highest BCUT2D eigenvalue weighted by molar-refractivity contribution is 7.90. The Labute approximate surface area is 112 Å². The van der Waals surface area contributed by atoms with Gasteiger partial charge in [0.05, 0.1) is 11.5 Å². The fourth-order valence-electron chi connectivity index (χ4n) is 1.95. The second-order valence-corrected chi connectivity index (χ2v) is 6.54. The lowest BCUT2D eigenvalue weighted by atomic mass is 9.80. The largest absolute Gasteiger partial charge is 0.481 e. The van der Waals surface area contributed by atoms with Crippen molar-refractivity contribution < 1.29 is 23.1 Å². The van der Waals surface area contributed by atoms with Crippen molar-refractivity contribution in [1.29, 1.82) is 5.26 Å². The molecule has 0 amide bonds. The third-order valence-corrected chi connectivity index (χ3v) is 5.14. The fraction of sp³-hybridized carbons (Fsp3) is 0.818. The summed E-state index contributed by atoms with van der Waals surface area (Å²) >= 11 is 0. The molecule has 0 bridgehead atoms. The predicted octanol–water partition coefficient (Wildman–Crippen LogP) is 0.0894. The van der Waals surface area contributed by atoms with E-state index in [9.17, 15) is 18.3 Å². The van der Waals surface area contributed by atoms with Crippen molar-refractivity contribution in [2.75, 3.05) is 19.8 Å². The molecule has 1 atom stereocenters. The summed E-state index contributed by atoms with van der Waals surface area (Å²) < 4.78 is 31.1. The monoisotopic (exact) mass is 290 g/mol. The van der Waals surface area contributed by atoms with Gasteiger partial charge in [-0.15, -0.1) is 0 Å². The van der Waals surface area contributed by atoms with E-state index in [0.29, 0.717) is 13.2 Å². The number of hydrogen-bond donors (Lipinski definition) is 2. The van der Waals surface area contributed by atoms with E-state index >= 15 is 0 Å². The van der Waals surface area contributed by atoms with Crippen LogP contribution in [-0.4, -0.2) is 44.5 Å². The second kappa shape index (κ2) is 6.32. The molecule has 0 aromatic heterocycles. The Balaban J connectivity index is 2.78. The molecule has 0 aliphatic carbocycles. The van der Waals surface area contributed by atoms with Gasteiger partial charge in [0, 0.05) is 19.8 Å². The van der Waals surface area contributed by atoms with Gasteiger partial charge in [-0.1, -0.05) is 6.92 Å². The van der Waals surface area contributed by atoms with Gasteiger partial charge in [0.25, 0.3) is 0 Å². The number of aliphatic carboxylic acids is 1. The van der Waals surface area contributed by atoms with Crippen molar-refractivity contribution in [3.63, 3.8) is 0 Å². The molecule has 0 aromatic rings. The van der Waals surface area contributed by atoms with Crippen LogP contribution in [0.1, 0.15) is 26.2 Å². The van der Waals surface area contributed by atoms with Crippen LogP contribution in [0.25, 0.3) is 0 Å². The highest BCUT2D eigenvalue weighted by Crippen LogP contribution is 2.30. The zero-order valence-electron chi connectivity index (χ0n) is 10.8. The standard InChI is InChI=1S/C11H18N2O5S/c1-2-9(7-12)19(16,17)13-8-11(10(14)15)3-5-18-6-4-11/h9,13H,2-6,8H2,1H3,(H,14,15). The number of nitrogens with one attached hydrogen (secondary N) is 1. The Hall–Kier alpha value is -1.17. The molecule has 1 aliphatic heterocycles. The highest BCUT2D eigenvalue weighted by Gasteiger charge is 2.41. The quantitative estimate of drug-likeness (QED) is 0.716. The molecule has 1 heterocycles. The minimum absolute atomic E-state index is 0.162. The third kappa shape index (κ3) is 3.65. The Kier molecular flexibility index (Phi) is 5.29. The number of carboxylic acid groups (broad SMARTS) is 1. The number of nitriles is 1. The summed E-state index contributed by atoms with van der Waals surface area (Å²) in [4.78, 5) is 11.3.